The molecule has 1 N–H and O–H groups in total. The fourth-order valence-electron chi connectivity index (χ4n) is 4.28. The molecule has 0 aliphatic rings. The SMILES string of the molecule is CCCCNC(=O)[C@H](Cc1ccccc1)N(Cc1ccccc1C)C(=O)CN(c1cccc(Cl)c1)S(C)(=O)=O. The second kappa shape index (κ2) is 14.1. The van der Waals surface area contributed by atoms with Crippen LogP contribution in [-0.4, -0.2) is 50.5 Å². The molecule has 0 saturated carbocycles. The zero-order valence-electron chi connectivity index (χ0n) is 22.6. The van der Waals surface area contributed by atoms with Gasteiger partial charge in [-0.05, 0) is 48.2 Å². The zero-order valence-corrected chi connectivity index (χ0v) is 24.2. The van der Waals surface area contributed by atoms with E-state index < -0.39 is 28.5 Å². The second-order valence-corrected chi connectivity index (χ2v) is 11.9. The van der Waals surface area contributed by atoms with Crippen LogP contribution in [0.15, 0.2) is 78.9 Å². The first kappa shape index (κ1) is 30.2. The summed E-state index contributed by atoms with van der Waals surface area (Å²) in [6.45, 7) is 4.15. The van der Waals surface area contributed by atoms with Crippen molar-refractivity contribution in [1.82, 2.24) is 10.2 Å². The first-order chi connectivity index (χ1) is 18.6. The molecule has 0 unspecified atom stereocenters. The van der Waals surface area contributed by atoms with Crippen LogP contribution in [0.4, 0.5) is 5.69 Å². The van der Waals surface area contributed by atoms with E-state index in [0.717, 1.165) is 40.1 Å². The topological polar surface area (TPSA) is 86.8 Å². The molecule has 0 fully saturated rings. The van der Waals surface area contributed by atoms with E-state index >= 15 is 0 Å². The molecule has 3 aromatic rings. The third kappa shape index (κ3) is 8.83. The lowest BCUT2D eigenvalue weighted by Crippen LogP contribution is -2.53. The maximum atomic E-state index is 14.0. The van der Waals surface area contributed by atoms with E-state index in [-0.39, 0.29) is 24.6 Å². The largest absolute Gasteiger partial charge is 0.354 e. The lowest BCUT2D eigenvalue weighted by Gasteiger charge is -2.34. The van der Waals surface area contributed by atoms with Crippen molar-refractivity contribution in [1.29, 1.82) is 0 Å². The average molecular weight is 570 g/mol. The summed E-state index contributed by atoms with van der Waals surface area (Å²) in [5.74, 6) is -0.766. The van der Waals surface area contributed by atoms with Gasteiger partial charge in [-0.1, -0.05) is 85.6 Å². The van der Waals surface area contributed by atoms with Crippen molar-refractivity contribution in [2.75, 3.05) is 23.7 Å². The zero-order chi connectivity index (χ0) is 28.4. The highest BCUT2D eigenvalue weighted by Gasteiger charge is 2.33. The first-order valence-electron chi connectivity index (χ1n) is 13.0. The third-order valence-corrected chi connectivity index (χ3v) is 7.85. The minimum absolute atomic E-state index is 0.150. The molecular formula is C30H36ClN3O4S. The van der Waals surface area contributed by atoms with Crippen LogP contribution in [0.3, 0.4) is 0 Å². The molecule has 208 valence electrons. The minimum atomic E-state index is -3.84. The number of nitrogens with one attached hydrogen (secondary N) is 1. The van der Waals surface area contributed by atoms with Gasteiger partial charge >= 0.3 is 0 Å². The van der Waals surface area contributed by atoms with Crippen molar-refractivity contribution in [2.45, 2.75) is 45.7 Å². The van der Waals surface area contributed by atoms with E-state index in [1.807, 2.05) is 68.4 Å². The summed E-state index contributed by atoms with van der Waals surface area (Å²) < 4.78 is 26.7. The molecular weight excluding hydrogens is 534 g/mol. The molecule has 0 radical (unpaired) electrons. The normalized spacial score (nSPS) is 12.0. The molecule has 1 atom stereocenters. The van der Waals surface area contributed by atoms with Gasteiger partial charge in [-0.15, -0.1) is 0 Å². The lowest BCUT2D eigenvalue weighted by atomic mass is 10.0. The molecule has 9 heteroatoms. The molecule has 7 nitrogen and oxygen atoms in total. The van der Waals surface area contributed by atoms with Gasteiger partial charge in [-0.2, -0.15) is 0 Å². The highest BCUT2D eigenvalue weighted by atomic mass is 35.5. The van der Waals surface area contributed by atoms with Crippen molar-refractivity contribution in [2.24, 2.45) is 0 Å². The number of amides is 2. The van der Waals surface area contributed by atoms with E-state index in [1.165, 1.54) is 11.0 Å². The van der Waals surface area contributed by atoms with Gasteiger partial charge in [0.1, 0.15) is 12.6 Å². The van der Waals surface area contributed by atoms with Gasteiger partial charge in [0.2, 0.25) is 21.8 Å². The Hall–Kier alpha value is -3.36. The number of unbranched alkanes of at least 4 members (excludes halogenated alkanes) is 1. The number of benzene rings is 3. The Morgan fingerprint density at radius 1 is 0.974 bits per heavy atom. The molecule has 3 aromatic carbocycles. The summed E-state index contributed by atoms with van der Waals surface area (Å²) in [6.07, 6.45) is 3.06. The van der Waals surface area contributed by atoms with Gasteiger partial charge in [-0.3, -0.25) is 13.9 Å². The second-order valence-electron chi connectivity index (χ2n) is 9.55. The van der Waals surface area contributed by atoms with Crippen LogP contribution < -0.4 is 9.62 Å². The standard InChI is InChI=1S/C30H36ClN3O4S/c1-4-5-18-32-30(36)28(19-24-13-7-6-8-14-24)33(21-25-15-10-9-12-23(25)2)29(35)22-34(39(3,37)38)27-17-11-16-26(31)20-27/h6-17,20,28H,4-5,18-19,21-22H2,1-3H3,(H,32,36)/t28-/m0/s1. The fraction of sp³-hybridized carbons (Fsp3) is 0.333. The molecule has 0 aromatic heterocycles. The van der Waals surface area contributed by atoms with Crippen molar-refractivity contribution in [3.8, 4) is 0 Å². The lowest BCUT2D eigenvalue weighted by molar-refractivity contribution is -0.140. The van der Waals surface area contributed by atoms with Crippen molar-refractivity contribution < 1.29 is 18.0 Å². The summed E-state index contributed by atoms with van der Waals surface area (Å²) in [5, 5.41) is 3.33. The molecule has 0 aliphatic carbocycles. The van der Waals surface area contributed by atoms with Crippen molar-refractivity contribution in [3.05, 3.63) is 101 Å². The van der Waals surface area contributed by atoms with Crippen molar-refractivity contribution in [3.63, 3.8) is 0 Å². The molecule has 0 spiro atoms. The summed E-state index contributed by atoms with van der Waals surface area (Å²) in [5.41, 5.74) is 3.01. The summed E-state index contributed by atoms with van der Waals surface area (Å²) in [6, 6.07) is 22.7. The Morgan fingerprint density at radius 3 is 2.31 bits per heavy atom. The number of rotatable bonds is 13. The minimum Gasteiger partial charge on any atom is -0.354 e. The van der Waals surface area contributed by atoms with Gasteiger partial charge in [0, 0.05) is 24.5 Å². The van der Waals surface area contributed by atoms with E-state index in [0.29, 0.717) is 11.6 Å². The van der Waals surface area contributed by atoms with Crippen LogP contribution in [0.2, 0.25) is 5.02 Å². The summed E-state index contributed by atoms with van der Waals surface area (Å²) in [4.78, 5) is 29.1. The molecule has 0 bridgehead atoms. The van der Waals surface area contributed by atoms with Crippen LogP contribution >= 0.6 is 11.6 Å². The van der Waals surface area contributed by atoms with E-state index in [1.54, 1.807) is 18.2 Å². The Balaban J connectivity index is 2.04. The van der Waals surface area contributed by atoms with Crippen LogP contribution in [0.25, 0.3) is 0 Å². The first-order valence-corrected chi connectivity index (χ1v) is 15.2. The molecule has 0 saturated heterocycles. The average Bonchev–Trinajstić information content (AvgIpc) is 2.90. The van der Waals surface area contributed by atoms with Gasteiger partial charge in [-0.25, -0.2) is 8.42 Å². The monoisotopic (exact) mass is 569 g/mol. The number of halogens is 1. The summed E-state index contributed by atoms with van der Waals surface area (Å²) >= 11 is 6.14. The molecule has 2 amide bonds. The number of nitrogens with zero attached hydrogens (tertiary/aromatic N) is 2. The fourth-order valence-corrected chi connectivity index (χ4v) is 5.30. The summed E-state index contributed by atoms with van der Waals surface area (Å²) in [7, 11) is -3.84. The number of anilines is 1. The maximum Gasteiger partial charge on any atom is 0.244 e. The Morgan fingerprint density at radius 2 is 1.67 bits per heavy atom. The predicted octanol–water partition coefficient (Wildman–Crippen LogP) is 4.97. The van der Waals surface area contributed by atoms with Gasteiger partial charge < -0.3 is 10.2 Å². The number of carbonyl (C=O) groups excluding carboxylic acids is 2. The number of hydrogen-bond donors (Lipinski definition) is 1. The van der Waals surface area contributed by atoms with E-state index in [9.17, 15) is 18.0 Å². The number of aryl methyl sites for hydroxylation is 1. The van der Waals surface area contributed by atoms with Crippen LogP contribution in [0, 0.1) is 6.92 Å². The third-order valence-electron chi connectivity index (χ3n) is 6.48. The number of carbonyl (C=O) groups is 2. The van der Waals surface area contributed by atoms with E-state index in [2.05, 4.69) is 5.32 Å². The van der Waals surface area contributed by atoms with Gasteiger partial charge in [0.05, 0.1) is 11.9 Å². The Labute approximate surface area is 236 Å². The number of hydrogen-bond acceptors (Lipinski definition) is 4. The quantitative estimate of drug-likeness (QED) is 0.294. The molecule has 3 rings (SSSR count). The smallest absolute Gasteiger partial charge is 0.244 e. The maximum absolute atomic E-state index is 14.0. The van der Waals surface area contributed by atoms with Crippen LogP contribution in [-0.2, 0) is 32.6 Å². The number of sulfonamides is 1. The predicted molar refractivity (Wildman–Crippen MR) is 157 cm³/mol. The van der Waals surface area contributed by atoms with Crippen LogP contribution in [0.1, 0.15) is 36.5 Å². The molecule has 0 heterocycles. The van der Waals surface area contributed by atoms with Crippen LogP contribution in [0.5, 0.6) is 0 Å². The highest BCUT2D eigenvalue weighted by Crippen LogP contribution is 2.23. The Kier molecular flexibility index (Phi) is 10.9. The Bertz CT molecular complexity index is 1370. The molecule has 0 aliphatic heterocycles. The van der Waals surface area contributed by atoms with E-state index in [4.69, 9.17) is 11.6 Å². The van der Waals surface area contributed by atoms with Gasteiger partial charge in [0.15, 0.2) is 0 Å². The van der Waals surface area contributed by atoms with Gasteiger partial charge in [0.25, 0.3) is 0 Å². The highest BCUT2D eigenvalue weighted by molar-refractivity contribution is 7.92. The molecule has 39 heavy (non-hydrogen) atoms. The van der Waals surface area contributed by atoms with Crippen molar-refractivity contribution >= 4 is 39.1 Å².